The van der Waals surface area contributed by atoms with Gasteiger partial charge in [0, 0.05) is 37.0 Å². The summed E-state index contributed by atoms with van der Waals surface area (Å²) in [6.07, 6.45) is 5.63. The average molecular weight is 332 g/mol. The summed E-state index contributed by atoms with van der Waals surface area (Å²) in [5.41, 5.74) is 2.34. The minimum Gasteiger partial charge on any atom is -0.348 e. The first-order valence-corrected chi connectivity index (χ1v) is 8.62. The van der Waals surface area contributed by atoms with Crippen LogP contribution in [0.15, 0.2) is 60.9 Å². The molecule has 1 N–H and O–H groups in total. The van der Waals surface area contributed by atoms with Crippen molar-refractivity contribution >= 4 is 5.91 Å². The van der Waals surface area contributed by atoms with Crippen molar-refractivity contribution in [2.24, 2.45) is 0 Å². The second-order valence-electron chi connectivity index (χ2n) is 6.34. The van der Waals surface area contributed by atoms with Gasteiger partial charge in [0.05, 0.1) is 5.69 Å². The van der Waals surface area contributed by atoms with Gasteiger partial charge in [-0.15, -0.1) is 0 Å². The molecule has 0 aliphatic carbocycles. The molecule has 1 aromatic carbocycles. The summed E-state index contributed by atoms with van der Waals surface area (Å²) in [4.78, 5) is 26.9. The van der Waals surface area contributed by atoms with Gasteiger partial charge in [-0.2, -0.15) is 0 Å². The summed E-state index contributed by atoms with van der Waals surface area (Å²) in [6, 6.07) is 15.6. The van der Waals surface area contributed by atoms with Gasteiger partial charge in [-0.25, -0.2) is 9.97 Å². The quantitative estimate of drug-likeness (QED) is 0.798. The molecule has 1 unspecified atom stereocenters. The number of aromatic amines is 1. The zero-order valence-electron chi connectivity index (χ0n) is 13.9. The van der Waals surface area contributed by atoms with Crippen LogP contribution in [0.1, 0.15) is 35.1 Å². The predicted octanol–water partition coefficient (Wildman–Crippen LogP) is 3.49. The number of hydrogen-bond donors (Lipinski definition) is 1. The van der Waals surface area contributed by atoms with Crippen LogP contribution in [-0.4, -0.2) is 38.8 Å². The van der Waals surface area contributed by atoms with E-state index in [1.165, 1.54) is 0 Å². The SMILES string of the molecule is O=C(c1cccc(-c2ccccc2)n1)N1CCCC(c2ncc[nH]2)C1. The van der Waals surface area contributed by atoms with Gasteiger partial charge in [-0.1, -0.05) is 36.4 Å². The molecular weight excluding hydrogens is 312 g/mol. The second-order valence-corrected chi connectivity index (χ2v) is 6.34. The van der Waals surface area contributed by atoms with Crippen molar-refractivity contribution in [2.75, 3.05) is 13.1 Å². The van der Waals surface area contributed by atoms with E-state index < -0.39 is 0 Å². The molecule has 1 amide bonds. The monoisotopic (exact) mass is 332 g/mol. The van der Waals surface area contributed by atoms with Gasteiger partial charge in [0.2, 0.25) is 0 Å². The number of likely N-dealkylation sites (tertiary alicyclic amines) is 1. The van der Waals surface area contributed by atoms with Crippen LogP contribution in [0.3, 0.4) is 0 Å². The molecule has 0 saturated carbocycles. The summed E-state index contributed by atoms with van der Waals surface area (Å²) in [5.74, 6) is 1.22. The number of nitrogens with zero attached hydrogens (tertiary/aromatic N) is 3. The van der Waals surface area contributed by atoms with Gasteiger partial charge in [0.1, 0.15) is 11.5 Å². The number of imidazole rings is 1. The fourth-order valence-corrected chi connectivity index (χ4v) is 3.37. The molecule has 3 heterocycles. The minimum absolute atomic E-state index is 0.00552. The van der Waals surface area contributed by atoms with Crippen LogP contribution in [0.25, 0.3) is 11.3 Å². The van der Waals surface area contributed by atoms with Crippen molar-refractivity contribution in [2.45, 2.75) is 18.8 Å². The first kappa shape index (κ1) is 15.6. The van der Waals surface area contributed by atoms with Gasteiger partial charge in [-0.3, -0.25) is 4.79 Å². The Morgan fingerprint density at radius 2 is 2.00 bits per heavy atom. The van der Waals surface area contributed by atoms with Crippen molar-refractivity contribution in [3.8, 4) is 11.3 Å². The molecule has 0 spiro atoms. The molecule has 1 atom stereocenters. The molecule has 126 valence electrons. The maximum atomic E-state index is 12.9. The highest BCUT2D eigenvalue weighted by atomic mass is 16.2. The molecule has 4 rings (SSSR count). The van der Waals surface area contributed by atoms with E-state index in [9.17, 15) is 4.79 Å². The van der Waals surface area contributed by atoms with Crippen molar-refractivity contribution in [3.05, 3.63) is 72.4 Å². The number of H-pyrrole nitrogens is 1. The summed E-state index contributed by atoms with van der Waals surface area (Å²) < 4.78 is 0. The number of carbonyl (C=O) groups excluding carboxylic acids is 1. The van der Waals surface area contributed by atoms with Gasteiger partial charge in [0.15, 0.2) is 0 Å². The van der Waals surface area contributed by atoms with Crippen LogP contribution in [0.2, 0.25) is 0 Å². The van der Waals surface area contributed by atoms with Gasteiger partial charge in [-0.05, 0) is 25.0 Å². The van der Waals surface area contributed by atoms with Crippen LogP contribution in [0.5, 0.6) is 0 Å². The number of hydrogen-bond acceptors (Lipinski definition) is 3. The third kappa shape index (κ3) is 3.31. The van der Waals surface area contributed by atoms with E-state index in [0.29, 0.717) is 12.2 Å². The molecule has 0 radical (unpaired) electrons. The molecule has 1 aliphatic rings. The summed E-state index contributed by atoms with van der Waals surface area (Å²) >= 11 is 0. The fraction of sp³-hybridized carbons (Fsp3) is 0.250. The first-order valence-electron chi connectivity index (χ1n) is 8.62. The number of carbonyl (C=O) groups is 1. The third-order valence-electron chi connectivity index (χ3n) is 4.65. The van der Waals surface area contributed by atoms with E-state index in [-0.39, 0.29) is 11.8 Å². The van der Waals surface area contributed by atoms with Crippen LogP contribution >= 0.6 is 0 Å². The Kier molecular flexibility index (Phi) is 4.29. The minimum atomic E-state index is -0.00552. The summed E-state index contributed by atoms with van der Waals surface area (Å²) in [5, 5.41) is 0. The number of piperidine rings is 1. The largest absolute Gasteiger partial charge is 0.348 e. The van der Waals surface area contributed by atoms with E-state index in [1.807, 2.05) is 53.6 Å². The van der Waals surface area contributed by atoms with E-state index in [0.717, 1.165) is 36.5 Å². The van der Waals surface area contributed by atoms with E-state index in [1.54, 1.807) is 12.3 Å². The van der Waals surface area contributed by atoms with Crippen molar-refractivity contribution < 1.29 is 4.79 Å². The number of amides is 1. The molecule has 5 nitrogen and oxygen atoms in total. The van der Waals surface area contributed by atoms with E-state index in [4.69, 9.17) is 0 Å². The molecular formula is C20H20N4O. The number of pyridine rings is 1. The second kappa shape index (κ2) is 6.89. The Morgan fingerprint density at radius 3 is 2.80 bits per heavy atom. The standard InChI is InChI=1S/C20H20N4O/c25-20(24-13-5-8-16(14-24)19-21-11-12-22-19)18-10-4-9-17(23-18)15-6-2-1-3-7-15/h1-4,6-7,9-12,16H,5,8,13-14H2,(H,21,22). The molecule has 1 aliphatic heterocycles. The zero-order valence-corrected chi connectivity index (χ0v) is 13.9. The van der Waals surface area contributed by atoms with Crippen LogP contribution in [0, 0.1) is 0 Å². The average Bonchev–Trinajstić information content (AvgIpc) is 3.23. The number of benzene rings is 1. The topological polar surface area (TPSA) is 61.9 Å². The Balaban J connectivity index is 1.54. The lowest BCUT2D eigenvalue weighted by Crippen LogP contribution is -2.39. The number of rotatable bonds is 3. The molecule has 5 heteroatoms. The van der Waals surface area contributed by atoms with Crippen molar-refractivity contribution in [1.29, 1.82) is 0 Å². The predicted molar refractivity (Wildman–Crippen MR) is 96.1 cm³/mol. The Labute approximate surface area is 146 Å². The summed E-state index contributed by atoms with van der Waals surface area (Å²) in [6.45, 7) is 1.46. The number of nitrogens with one attached hydrogen (secondary N) is 1. The third-order valence-corrected chi connectivity index (χ3v) is 4.65. The smallest absolute Gasteiger partial charge is 0.272 e. The highest BCUT2D eigenvalue weighted by Crippen LogP contribution is 2.25. The Bertz CT molecular complexity index is 845. The molecule has 1 fully saturated rings. The normalized spacial score (nSPS) is 17.4. The lowest BCUT2D eigenvalue weighted by molar-refractivity contribution is 0.0699. The van der Waals surface area contributed by atoms with E-state index >= 15 is 0 Å². The lowest BCUT2D eigenvalue weighted by atomic mass is 9.97. The van der Waals surface area contributed by atoms with E-state index in [2.05, 4.69) is 15.0 Å². The Hall–Kier alpha value is -2.95. The lowest BCUT2D eigenvalue weighted by Gasteiger charge is -2.31. The maximum Gasteiger partial charge on any atom is 0.272 e. The maximum absolute atomic E-state index is 12.9. The molecule has 2 aromatic heterocycles. The molecule has 0 bridgehead atoms. The van der Waals surface area contributed by atoms with Crippen LogP contribution in [0.4, 0.5) is 0 Å². The van der Waals surface area contributed by atoms with Crippen molar-refractivity contribution in [3.63, 3.8) is 0 Å². The molecule has 1 saturated heterocycles. The van der Waals surface area contributed by atoms with Crippen molar-refractivity contribution in [1.82, 2.24) is 19.9 Å². The summed E-state index contributed by atoms with van der Waals surface area (Å²) in [7, 11) is 0. The van der Waals surface area contributed by atoms with Gasteiger partial charge < -0.3 is 9.88 Å². The first-order chi connectivity index (χ1) is 12.3. The zero-order chi connectivity index (χ0) is 17.1. The molecule has 25 heavy (non-hydrogen) atoms. The van der Waals surface area contributed by atoms with Gasteiger partial charge in [0.25, 0.3) is 5.91 Å². The number of aromatic nitrogens is 3. The van der Waals surface area contributed by atoms with Crippen LogP contribution in [-0.2, 0) is 0 Å². The molecule has 3 aromatic rings. The highest BCUT2D eigenvalue weighted by molar-refractivity contribution is 5.93. The highest BCUT2D eigenvalue weighted by Gasteiger charge is 2.27. The van der Waals surface area contributed by atoms with Gasteiger partial charge >= 0.3 is 0 Å². The fourth-order valence-electron chi connectivity index (χ4n) is 3.37. The van der Waals surface area contributed by atoms with Crippen LogP contribution < -0.4 is 0 Å². The Morgan fingerprint density at radius 1 is 1.12 bits per heavy atom.